The van der Waals surface area contributed by atoms with Gasteiger partial charge in [-0.05, 0) is 12.1 Å². The molecule has 1 atom stereocenters. The predicted octanol–water partition coefficient (Wildman–Crippen LogP) is 3.71. The lowest BCUT2D eigenvalue weighted by Gasteiger charge is -2.14. The Hall–Kier alpha value is -0.960. The minimum absolute atomic E-state index is 0.152. The maximum absolute atomic E-state index is 12.0. The molecule has 0 heterocycles. The van der Waals surface area contributed by atoms with Crippen LogP contribution in [0.5, 0.6) is 0 Å². The molecule has 0 aromatic heterocycles. The SMILES string of the molecule is N#CC(NCC(F)(F)F)c1ccc(Cl)cc1Cl. The minimum atomic E-state index is -4.38. The average Bonchev–Trinajstić information content (AvgIpc) is 2.19. The summed E-state index contributed by atoms with van der Waals surface area (Å²) in [5, 5.41) is 11.4. The summed E-state index contributed by atoms with van der Waals surface area (Å²) in [6.07, 6.45) is -4.38. The first kappa shape index (κ1) is 14.1. The van der Waals surface area contributed by atoms with E-state index in [1.54, 1.807) is 6.07 Å². The van der Waals surface area contributed by atoms with Crippen molar-refractivity contribution in [1.82, 2.24) is 5.32 Å². The number of hydrogen-bond acceptors (Lipinski definition) is 2. The molecule has 2 nitrogen and oxygen atoms in total. The van der Waals surface area contributed by atoms with Gasteiger partial charge in [-0.2, -0.15) is 18.4 Å². The van der Waals surface area contributed by atoms with E-state index < -0.39 is 18.8 Å². The molecule has 0 saturated carbocycles. The molecule has 0 aliphatic carbocycles. The number of benzene rings is 1. The quantitative estimate of drug-likeness (QED) is 0.917. The van der Waals surface area contributed by atoms with E-state index in [2.05, 4.69) is 5.32 Å². The summed E-state index contributed by atoms with van der Waals surface area (Å²) in [6.45, 7) is -1.26. The van der Waals surface area contributed by atoms with E-state index in [1.165, 1.54) is 18.2 Å². The van der Waals surface area contributed by atoms with E-state index in [0.29, 0.717) is 5.02 Å². The average molecular weight is 283 g/mol. The third-order valence-electron chi connectivity index (χ3n) is 1.91. The zero-order valence-corrected chi connectivity index (χ0v) is 9.87. The summed E-state index contributed by atoms with van der Waals surface area (Å²) in [5.74, 6) is 0. The number of nitrogens with one attached hydrogen (secondary N) is 1. The fourth-order valence-corrected chi connectivity index (χ4v) is 1.70. The number of hydrogen-bond donors (Lipinski definition) is 1. The Labute approximate surface area is 106 Å². The monoisotopic (exact) mass is 282 g/mol. The Balaban J connectivity index is 2.84. The highest BCUT2D eigenvalue weighted by molar-refractivity contribution is 6.35. The molecular formula is C10H7Cl2F3N2. The molecule has 0 amide bonds. The van der Waals surface area contributed by atoms with Crippen LogP contribution < -0.4 is 5.32 Å². The van der Waals surface area contributed by atoms with Gasteiger partial charge in [0, 0.05) is 15.6 Å². The molecule has 0 aliphatic rings. The molecule has 0 spiro atoms. The first-order valence-corrected chi connectivity index (χ1v) is 5.24. The number of halogens is 5. The molecule has 0 fully saturated rings. The van der Waals surface area contributed by atoms with Gasteiger partial charge in [0.2, 0.25) is 0 Å². The standard InChI is InChI=1S/C10H7Cl2F3N2/c11-6-1-2-7(8(12)3-6)9(4-16)17-5-10(13,14)15/h1-3,9,17H,5H2. The van der Waals surface area contributed by atoms with Crippen molar-refractivity contribution in [2.75, 3.05) is 6.54 Å². The van der Waals surface area contributed by atoms with Crippen LogP contribution in [0.15, 0.2) is 18.2 Å². The third-order valence-corrected chi connectivity index (χ3v) is 2.47. The Kier molecular flexibility index (Phi) is 4.63. The summed E-state index contributed by atoms with van der Waals surface area (Å²) in [7, 11) is 0. The number of nitrogens with zero attached hydrogens (tertiary/aromatic N) is 1. The summed E-state index contributed by atoms with van der Waals surface area (Å²) >= 11 is 11.4. The maximum Gasteiger partial charge on any atom is 0.401 e. The maximum atomic E-state index is 12.0. The highest BCUT2D eigenvalue weighted by atomic mass is 35.5. The Morgan fingerprint density at radius 2 is 2.00 bits per heavy atom. The minimum Gasteiger partial charge on any atom is -0.290 e. The fraction of sp³-hybridized carbons (Fsp3) is 0.300. The molecule has 1 unspecified atom stereocenters. The molecule has 0 saturated heterocycles. The molecule has 17 heavy (non-hydrogen) atoms. The van der Waals surface area contributed by atoms with Crippen molar-refractivity contribution in [3.05, 3.63) is 33.8 Å². The Bertz CT molecular complexity index is 440. The van der Waals surface area contributed by atoms with Crippen LogP contribution in [-0.4, -0.2) is 12.7 Å². The fourth-order valence-electron chi connectivity index (χ4n) is 1.18. The first-order chi connectivity index (χ1) is 7.83. The zero-order valence-electron chi connectivity index (χ0n) is 8.35. The molecule has 1 aromatic rings. The van der Waals surface area contributed by atoms with E-state index in [9.17, 15) is 13.2 Å². The molecule has 7 heteroatoms. The predicted molar refractivity (Wildman–Crippen MR) is 58.9 cm³/mol. The van der Waals surface area contributed by atoms with Crippen molar-refractivity contribution < 1.29 is 13.2 Å². The third kappa shape index (κ3) is 4.43. The van der Waals surface area contributed by atoms with Gasteiger partial charge in [0.15, 0.2) is 0 Å². The lowest BCUT2D eigenvalue weighted by molar-refractivity contribution is -0.125. The van der Waals surface area contributed by atoms with Gasteiger partial charge in [0.1, 0.15) is 6.04 Å². The highest BCUT2D eigenvalue weighted by Crippen LogP contribution is 2.26. The molecule has 0 radical (unpaired) electrons. The topological polar surface area (TPSA) is 35.8 Å². The van der Waals surface area contributed by atoms with Gasteiger partial charge in [-0.15, -0.1) is 0 Å². The molecular weight excluding hydrogens is 276 g/mol. The number of nitriles is 1. The Morgan fingerprint density at radius 1 is 1.35 bits per heavy atom. The van der Waals surface area contributed by atoms with Crippen LogP contribution in [0.2, 0.25) is 10.0 Å². The molecule has 1 rings (SSSR count). The lowest BCUT2D eigenvalue weighted by atomic mass is 10.1. The summed E-state index contributed by atoms with van der Waals surface area (Å²) < 4.78 is 36.0. The van der Waals surface area contributed by atoms with Crippen LogP contribution in [0.25, 0.3) is 0 Å². The molecule has 92 valence electrons. The zero-order chi connectivity index (χ0) is 13.1. The van der Waals surface area contributed by atoms with Crippen LogP contribution in [0.4, 0.5) is 13.2 Å². The van der Waals surface area contributed by atoms with Crippen LogP contribution in [0.3, 0.4) is 0 Å². The van der Waals surface area contributed by atoms with Gasteiger partial charge in [-0.3, -0.25) is 5.32 Å². The number of rotatable bonds is 3. The van der Waals surface area contributed by atoms with Crippen molar-refractivity contribution in [2.24, 2.45) is 0 Å². The van der Waals surface area contributed by atoms with Crippen molar-refractivity contribution in [1.29, 1.82) is 5.26 Å². The molecule has 1 N–H and O–H groups in total. The van der Waals surface area contributed by atoms with Crippen LogP contribution in [0.1, 0.15) is 11.6 Å². The summed E-state index contributed by atoms with van der Waals surface area (Å²) in [6, 6.07) is 4.84. The summed E-state index contributed by atoms with van der Waals surface area (Å²) in [4.78, 5) is 0. The van der Waals surface area contributed by atoms with Crippen LogP contribution >= 0.6 is 23.2 Å². The van der Waals surface area contributed by atoms with Crippen LogP contribution in [-0.2, 0) is 0 Å². The molecule has 0 bridgehead atoms. The molecule has 0 aliphatic heterocycles. The normalized spacial score (nSPS) is 13.2. The van der Waals surface area contributed by atoms with Gasteiger partial charge in [-0.1, -0.05) is 29.3 Å². The Morgan fingerprint density at radius 3 is 2.47 bits per heavy atom. The van der Waals surface area contributed by atoms with E-state index in [4.69, 9.17) is 28.5 Å². The molecule has 1 aromatic carbocycles. The number of alkyl halides is 3. The summed E-state index contributed by atoms with van der Waals surface area (Å²) in [5.41, 5.74) is 0.266. The second-order valence-corrected chi connectivity index (χ2v) is 4.07. The van der Waals surface area contributed by atoms with Crippen molar-refractivity contribution >= 4 is 23.2 Å². The van der Waals surface area contributed by atoms with Gasteiger partial charge in [0.25, 0.3) is 0 Å². The second kappa shape index (κ2) is 5.58. The lowest BCUT2D eigenvalue weighted by Crippen LogP contribution is -2.31. The van der Waals surface area contributed by atoms with Gasteiger partial charge < -0.3 is 0 Å². The van der Waals surface area contributed by atoms with E-state index in [1.807, 2.05) is 0 Å². The van der Waals surface area contributed by atoms with Gasteiger partial charge in [0.05, 0.1) is 12.6 Å². The van der Waals surface area contributed by atoms with Crippen molar-refractivity contribution in [3.8, 4) is 6.07 Å². The van der Waals surface area contributed by atoms with E-state index in [-0.39, 0.29) is 10.6 Å². The second-order valence-electron chi connectivity index (χ2n) is 3.22. The van der Waals surface area contributed by atoms with E-state index in [0.717, 1.165) is 0 Å². The van der Waals surface area contributed by atoms with Gasteiger partial charge in [-0.25, -0.2) is 0 Å². The first-order valence-electron chi connectivity index (χ1n) is 4.48. The van der Waals surface area contributed by atoms with Gasteiger partial charge >= 0.3 is 6.18 Å². The van der Waals surface area contributed by atoms with Crippen molar-refractivity contribution in [2.45, 2.75) is 12.2 Å². The van der Waals surface area contributed by atoms with Crippen LogP contribution in [0, 0.1) is 11.3 Å². The smallest absolute Gasteiger partial charge is 0.290 e. The van der Waals surface area contributed by atoms with E-state index >= 15 is 0 Å². The highest BCUT2D eigenvalue weighted by Gasteiger charge is 2.28. The largest absolute Gasteiger partial charge is 0.401 e. The van der Waals surface area contributed by atoms with Crippen molar-refractivity contribution in [3.63, 3.8) is 0 Å².